The number of aromatic nitrogens is 3. The van der Waals surface area contributed by atoms with Crippen molar-refractivity contribution in [2.45, 2.75) is 4.90 Å². The minimum absolute atomic E-state index is 0.0400. The van der Waals surface area contributed by atoms with Crippen LogP contribution in [0.2, 0.25) is 5.02 Å². The smallest absolute Gasteiger partial charge is 0.243 e. The van der Waals surface area contributed by atoms with Gasteiger partial charge in [0.2, 0.25) is 10.0 Å². The number of nitrogens with zero attached hydrogens (tertiary/aromatic N) is 5. The number of piperazine rings is 1. The lowest BCUT2D eigenvalue weighted by atomic mass is 10.1. The first-order valence-electron chi connectivity index (χ1n) is 12.1. The highest BCUT2D eigenvalue weighted by molar-refractivity contribution is 7.89. The molecule has 192 valence electrons. The van der Waals surface area contributed by atoms with Gasteiger partial charge >= 0.3 is 0 Å². The Morgan fingerprint density at radius 2 is 1.58 bits per heavy atom. The summed E-state index contributed by atoms with van der Waals surface area (Å²) in [6.45, 7) is 1.37. The molecule has 5 aromatic rings. The van der Waals surface area contributed by atoms with Crippen LogP contribution in [0.15, 0.2) is 96.3 Å². The fraction of sp³-hybridized carbons (Fsp3) is 0.143. The standard InChI is InChI=1S/C28H23ClFN5O2S/c29-21-9-11-23(12-10-21)35-18-25(20-5-2-1-3-6-20)26-27(31-19-32-28(26)35)33-13-15-34(16-14-33)38(36,37)24-8-4-7-22(30)17-24/h1-12,17-19H,13-16H2. The van der Waals surface area contributed by atoms with Crippen LogP contribution in [0.3, 0.4) is 0 Å². The van der Waals surface area contributed by atoms with Crippen molar-refractivity contribution in [1.29, 1.82) is 0 Å². The maximum atomic E-state index is 13.7. The zero-order valence-electron chi connectivity index (χ0n) is 20.2. The molecule has 3 aromatic carbocycles. The first-order valence-corrected chi connectivity index (χ1v) is 13.9. The van der Waals surface area contributed by atoms with E-state index in [2.05, 4.69) is 14.9 Å². The van der Waals surface area contributed by atoms with E-state index in [0.717, 1.165) is 39.7 Å². The molecule has 38 heavy (non-hydrogen) atoms. The number of hydrogen-bond acceptors (Lipinski definition) is 5. The van der Waals surface area contributed by atoms with E-state index in [9.17, 15) is 12.8 Å². The predicted molar refractivity (Wildman–Crippen MR) is 147 cm³/mol. The molecule has 1 saturated heterocycles. The van der Waals surface area contributed by atoms with Crippen molar-refractivity contribution in [3.05, 3.63) is 102 Å². The molecule has 0 spiro atoms. The molecule has 0 bridgehead atoms. The molecular weight excluding hydrogens is 525 g/mol. The number of rotatable bonds is 5. The van der Waals surface area contributed by atoms with Crippen LogP contribution in [-0.2, 0) is 10.0 Å². The van der Waals surface area contributed by atoms with Crippen LogP contribution in [0, 0.1) is 5.82 Å². The first-order chi connectivity index (χ1) is 18.4. The molecule has 0 unspecified atom stereocenters. The third-order valence-electron chi connectivity index (χ3n) is 6.72. The van der Waals surface area contributed by atoms with Crippen LogP contribution >= 0.6 is 11.6 Å². The van der Waals surface area contributed by atoms with E-state index in [1.54, 1.807) is 0 Å². The summed E-state index contributed by atoms with van der Waals surface area (Å²) in [5.74, 6) is 0.163. The molecule has 10 heteroatoms. The number of anilines is 1. The van der Waals surface area contributed by atoms with Gasteiger partial charge in [-0.25, -0.2) is 22.8 Å². The van der Waals surface area contributed by atoms with Crippen LogP contribution < -0.4 is 4.90 Å². The molecule has 3 heterocycles. The molecule has 0 aliphatic carbocycles. The molecule has 0 radical (unpaired) electrons. The fourth-order valence-electron chi connectivity index (χ4n) is 4.84. The molecule has 6 rings (SSSR count). The largest absolute Gasteiger partial charge is 0.353 e. The molecule has 1 aliphatic heterocycles. The molecule has 0 atom stereocenters. The van der Waals surface area contributed by atoms with Crippen molar-refractivity contribution >= 4 is 38.5 Å². The van der Waals surface area contributed by atoms with E-state index in [-0.39, 0.29) is 18.0 Å². The van der Waals surface area contributed by atoms with Gasteiger partial charge in [-0.1, -0.05) is 48.0 Å². The van der Waals surface area contributed by atoms with Crippen LogP contribution in [-0.4, -0.2) is 53.4 Å². The van der Waals surface area contributed by atoms with Gasteiger partial charge in [-0.3, -0.25) is 0 Å². The van der Waals surface area contributed by atoms with Gasteiger partial charge in [0, 0.05) is 48.6 Å². The minimum atomic E-state index is -3.80. The topological polar surface area (TPSA) is 71.3 Å². The summed E-state index contributed by atoms with van der Waals surface area (Å²) in [6.07, 6.45) is 3.58. The van der Waals surface area contributed by atoms with Gasteiger partial charge in [0.25, 0.3) is 0 Å². The van der Waals surface area contributed by atoms with Crippen molar-refractivity contribution in [2.75, 3.05) is 31.1 Å². The summed E-state index contributed by atoms with van der Waals surface area (Å²) < 4.78 is 43.4. The molecule has 0 N–H and O–H groups in total. The van der Waals surface area contributed by atoms with E-state index in [1.807, 2.05) is 65.4 Å². The molecule has 1 aliphatic rings. The molecular formula is C28H23ClFN5O2S. The number of sulfonamides is 1. The molecule has 1 fully saturated rings. The quantitative estimate of drug-likeness (QED) is 0.295. The number of benzene rings is 3. The van der Waals surface area contributed by atoms with Gasteiger partial charge in [-0.2, -0.15) is 4.31 Å². The highest BCUT2D eigenvalue weighted by Crippen LogP contribution is 2.37. The van der Waals surface area contributed by atoms with Gasteiger partial charge in [0.05, 0.1) is 10.3 Å². The Labute approximate surface area is 224 Å². The summed E-state index contributed by atoms with van der Waals surface area (Å²) in [7, 11) is -3.80. The molecule has 7 nitrogen and oxygen atoms in total. The lowest BCUT2D eigenvalue weighted by molar-refractivity contribution is 0.384. The van der Waals surface area contributed by atoms with Gasteiger partial charge in [0.1, 0.15) is 18.0 Å². The lowest BCUT2D eigenvalue weighted by Crippen LogP contribution is -2.49. The van der Waals surface area contributed by atoms with Crippen molar-refractivity contribution in [3.8, 4) is 16.8 Å². The maximum Gasteiger partial charge on any atom is 0.243 e. The zero-order valence-corrected chi connectivity index (χ0v) is 21.8. The van der Waals surface area contributed by atoms with Crippen molar-refractivity contribution < 1.29 is 12.8 Å². The Bertz CT molecular complexity index is 1720. The Morgan fingerprint density at radius 3 is 2.29 bits per heavy atom. The third kappa shape index (κ3) is 4.42. The second kappa shape index (κ2) is 9.83. The monoisotopic (exact) mass is 547 g/mol. The van der Waals surface area contributed by atoms with Crippen molar-refractivity contribution in [1.82, 2.24) is 18.8 Å². The maximum absolute atomic E-state index is 13.7. The SMILES string of the molecule is O=S(=O)(c1cccc(F)c1)N1CCN(c2ncnc3c2c(-c2ccccc2)cn3-c2ccc(Cl)cc2)CC1. The summed E-state index contributed by atoms with van der Waals surface area (Å²) >= 11 is 6.13. The summed E-state index contributed by atoms with van der Waals surface area (Å²) in [6, 6.07) is 22.7. The van der Waals surface area contributed by atoms with E-state index < -0.39 is 15.8 Å². The molecule has 0 amide bonds. The number of fused-ring (bicyclic) bond motifs is 1. The second-order valence-corrected chi connectivity index (χ2v) is 11.4. The van der Waals surface area contributed by atoms with Crippen molar-refractivity contribution in [3.63, 3.8) is 0 Å². The Morgan fingerprint density at radius 1 is 0.842 bits per heavy atom. The van der Waals surface area contributed by atoms with Gasteiger partial charge in [-0.05, 0) is 48.0 Å². The van der Waals surface area contributed by atoms with Crippen molar-refractivity contribution in [2.24, 2.45) is 0 Å². The van der Waals surface area contributed by atoms with Crippen LogP contribution in [0.1, 0.15) is 0 Å². The fourth-order valence-corrected chi connectivity index (χ4v) is 6.42. The third-order valence-corrected chi connectivity index (χ3v) is 8.87. The van der Waals surface area contributed by atoms with E-state index in [0.29, 0.717) is 18.1 Å². The lowest BCUT2D eigenvalue weighted by Gasteiger charge is -2.35. The van der Waals surface area contributed by atoms with Gasteiger partial charge in [-0.15, -0.1) is 0 Å². The van der Waals surface area contributed by atoms with E-state index in [4.69, 9.17) is 11.6 Å². The Balaban J connectivity index is 1.39. The summed E-state index contributed by atoms with van der Waals surface area (Å²) in [5.41, 5.74) is 3.65. The minimum Gasteiger partial charge on any atom is -0.353 e. The van der Waals surface area contributed by atoms with E-state index >= 15 is 0 Å². The predicted octanol–water partition coefficient (Wildman–Crippen LogP) is 5.39. The number of hydrogen-bond donors (Lipinski definition) is 0. The van der Waals surface area contributed by atoms with E-state index in [1.165, 1.54) is 28.8 Å². The second-order valence-electron chi connectivity index (χ2n) is 9.00. The summed E-state index contributed by atoms with van der Waals surface area (Å²) in [4.78, 5) is 11.3. The molecule has 2 aromatic heterocycles. The first kappa shape index (κ1) is 24.5. The highest BCUT2D eigenvalue weighted by atomic mass is 35.5. The van der Waals surface area contributed by atoms with Crippen LogP contribution in [0.25, 0.3) is 27.8 Å². The number of halogens is 2. The average Bonchev–Trinajstić information content (AvgIpc) is 3.34. The van der Waals surface area contributed by atoms with Gasteiger partial charge in [0.15, 0.2) is 5.65 Å². The highest BCUT2D eigenvalue weighted by Gasteiger charge is 2.30. The van der Waals surface area contributed by atoms with Crippen LogP contribution in [0.5, 0.6) is 0 Å². The zero-order chi connectivity index (χ0) is 26.3. The normalized spacial score (nSPS) is 14.7. The Hall–Kier alpha value is -3.79. The molecule has 0 saturated carbocycles. The Kier molecular flexibility index (Phi) is 6.35. The van der Waals surface area contributed by atoms with Gasteiger partial charge < -0.3 is 9.47 Å². The van der Waals surface area contributed by atoms with Crippen LogP contribution in [0.4, 0.5) is 10.2 Å². The summed E-state index contributed by atoms with van der Waals surface area (Å²) in [5, 5.41) is 1.53. The average molecular weight is 548 g/mol.